The molecular weight excluding hydrogens is 382 g/mol. The van der Waals surface area contributed by atoms with E-state index < -0.39 is 0 Å². The molecule has 3 aromatic rings. The Morgan fingerprint density at radius 2 is 2.10 bits per heavy atom. The van der Waals surface area contributed by atoms with Crippen molar-refractivity contribution in [2.24, 2.45) is 0 Å². The van der Waals surface area contributed by atoms with Gasteiger partial charge in [-0.2, -0.15) is 8.75 Å². The second-order valence-electron chi connectivity index (χ2n) is 7.92. The number of nitrogens with zero attached hydrogens (tertiary/aromatic N) is 3. The molecule has 5 rings (SSSR count). The quantitative estimate of drug-likeness (QED) is 0.475. The van der Waals surface area contributed by atoms with Crippen molar-refractivity contribution in [3.63, 3.8) is 0 Å². The fraction of sp³-hybridized carbons (Fsp3) is 0.304. The number of carbonyl (C=O) groups excluding carboxylic acids is 1. The van der Waals surface area contributed by atoms with Gasteiger partial charge in [-0.1, -0.05) is 24.8 Å². The summed E-state index contributed by atoms with van der Waals surface area (Å²) in [6, 6.07) is 7.85. The second-order valence-corrected chi connectivity index (χ2v) is 8.45. The Morgan fingerprint density at radius 3 is 2.90 bits per heavy atom. The Labute approximate surface area is 172 Å². The molecule has 0 atom stereocenters. The molecule has 1 aromatic carbocycles. The number of aryl methyl sites for hydroxylation is 1. The highest BCUT2D eigenvalue weighted by Gasteiger charge is 2.44. The minimum atomic E-state index is -0.318. The molecule has 5 nitrogen and oxygen atoms in total. The summed E-state index contributed by atoms with van der Waals surface area (Å²) in [5.74, 6) is -0.318. The Bertz CT molecular complexity index is 1230. The molecule has 2 aromatic heterocycles. The maximum absolute atomic E-state index is 12.6. The van der Waals surface area contributed by atoms with Gasteiger partial charge in [0, 0.05) is 29.9 Å². The van der Waals surface area contributed by atoms with Gasteiger partial charge in [0.15, 0.2) is 11.2 Å². The Hall–Kier alpha value is -2.86. The van der Waals surface area contributed by atoms with E-state index in [0.29, 0.717) is 0 Å². The van der Waals surface area contributed by atoms with E-state index in [1.54, 1.807) is 12.3 Å². The zero-order valence-corrected chi connectivity index (χ0v) is 16.9. The topological polar surface area (TPSA) is 64.8 Å². The van der Waals surface area contributed by atoms with E-state index in [2.05, 4.69) is 38.1 Å². The summed E-state index contributed by atoms with van der Waals surface area (Å²) in [4.78, 5) is 24.7. The van der Waals surface area contributed by atoms with Crippen LogP contribution in [0.5, 0.6) is 0 Å². The van der Waals surface area contributed by atoms with E-state index in [1.165, 1.54) is 28.9 Å². The van der Waals surface area contributed by atoms with E-state index in [9.17, 15) is 9.59 Å². The molecule has 0 saturated heterocycles. The summed E-state index contributed by atoms with van der Waals surface area (Å²) in [5, 5.41) is 0. The zero-order valence-electron chi connectivity index (χ0n) is 16.1. The third kappa shape index (κ3) is 3.08. The van der Waals surface area contributed by atoms with E-state index in [-0.39, 0.29) is 22.2 Å². The van der Waals surface area contributed by atoms with Crippen LogP contribution in [0.1, 0.15) is 53.7 Å². The molecule has 146 valence electrons. The molecule has 0 N–H and O–H groups in total. The molecule has 3 heterocycles. The molecule has 6 heteroatoms. The van der Waals surface area contributed by atoms with Crippen molar-refractivity contribution in [1.82, 2.24) is 13.3 Å². The number of allylic oxidation sites excluding steroid dienone is 3. The van der Waals surface area contributed by atoms with Crippen molar-refractivity contribution in [2.75, 3.05) is 0 Å². The van der Waals surface area contributed by atoms with Crippen molar-refractivity contribution in [3.8, 4) is 0 Å². The van der Waals surface area contributed by atoms with Crippen LogP contribution in [0.3, 0.4) is 0 Å². The van der Waals surface area contributed by atoms with Gasteiger partial charge >= 0.3 is 0 Å². The van der Waals surface area contributed by atoms with Gasteiger partial charge in [-0.25, -0.2) is 0 Å². The van der Waals surface area contributed by atoms with Crippen molar-refractivity contribution in [1.29, 1.82) is 0 Å². The van der Waals surface area contributed by atoms with Gasteiger partial charge < -0.3 is 4.57 Å². The molecule has 1 aliphatic carbocycles. The number of fused-ring (bicyclic) bond motifs is 2. The Kier molecular flexibility index (Phi) is 4.32. The van der Waals surface area contributed by atoms with E-state index in [1.807, 2.05) is 6.07 Å². The van der Waals surface area contributed by atoms with E-state index >= 15 is 0 Å². The van der Waals surface area contributed by atoms with Crippen molar-refractivity contribution in [3.05, 3.63) is 76.2 Å². The first-order valence-electron chi connectivity index (χ1n) is 9.96. The van der Waals surface area contributed by atoms with Gasteiger partial charge in [0.25, 0.3) is 0 Å². The van der Waals surface area contributed by atoms with Gasteiger partial charge in [-0.3, -0.25) is 9.59 Å². The molecule has 0 radical (unpaired) electrons. The summed E-state index contributed by atoms with van der Waals surface area (Å²) < 4.78 is 11.0. The SMILES string of the molecule is C=CC(=O)c1cn2c(cc1=O)/C(=C/C1(c3cccc4nsnc34)CC1)CCCC2. The number of hydrogen-bond acceptors (Lipinski definition) is 5. The van der Waals surface area contributed by atoms with E-state index in [0.717, 1.165) is 55.4 Å². The number of carbonyl (C=O) groups is 1. The highest BCUT2D eigenvalue weighted by atomic mass is 32.1. The van der Waals surface area contributed by atoms with Crippen LogP contribution in [0.25, 0.3) is 16.6 Å². The highest BCUT2D eigenvalue weighted by Crippen LogP contribution is 2.53. The number of pyridine rings is 1. The maximum atomic E-state index is 12.6. The summed E-state index contributed by atoms with van der Waals surface area (Å²) in [6.07, 6.45) is 10.4. The van der Waals surface area contributed by atoms with Crippen LogP contribution in [-0.2, 0) is 12.0 Å². The molecular formula is C23H21N3O2S. The van der Waals surface area contributed by atoms with Crippen LogP contribution in [0.4, 0.5) is 0 Å². The lowest BCUT2D eigenvalue weighted by atomic mass is 9.90. The third-order valence-electron chi connectivity index (χ3n) is 6.06. The van der Waals surface area contributed by atoms with Gasteiger partial charge in [0.05, 0.1) is 17.3 Å². The third-order valence-corrected chi connectivity index (χ3v) is 6.61. The van der Waals surface area contributed by atoms with Crippen molar-refractivity contribution >= 4 is 34.1 Å². The Morgan fingerprint density at radius 1 is 1.24 bits per heavy atom. The summed E-state index contributed by atoms with van der Waals surface area (Å²) >= 11 is 1.25. The molecule has 29 heavy (non-hydrogen) atoms. The smallest absolute Gasteiger partial charge is 0.193 e. The van der Waals surface area contributed by atoms with Crippen molar-refractivity contribution in [2.45, 2.75) is 44.1 Å². The van der Waals surface area contributed by atoms with Crippen LogP contribution in [0, 0.1) is 0 Å². The number of rotatable bonds is 4. The van der Waals surface area contributed by atoms with Gasteiger partial charge in [0.2, 0.25) is 0 Å². The predicted molar refractivity (Wildman–Crippen MR) is 115 cm³/mol. The second kappa shape index (κ2) is 6.88. The minimum absolute atomic E-state index is 0.0363. The first kappa shape index (κ1) is 18.2. The molecule has 1 aliphatic heterocycles. The largest absolute Gasteiger partial charge is 0.347 e. The first-order valence-corrected chi connectivity index (χ1v) is 10.7. The average Bonchev–Trinajstić information content (AvgIpc) is 3.40. The van der Waals surface area contributed by atoms with Crippen LogP contribution in [-0.4, -0.2) is 19.1 Å². The van der Waals surface area contributed by atoms with Crippen molar-refractivity contribution < 1.29 is 4.79 Å². The average molecular weight is 404 g/mol. The number of aromatic nitrogens is 3. The zero-order chi connectivity index (χ0) is 20.0. The standard InChI is InChI=1S/C23H21N3O2S/c1-2-20(27)16-14-26-11-4-3-6-15(19(26)12-21(16)28)13-23(9-10-23)17-7-5-8-18-22(17)25-29-24-18/h2,5,7-8,12-14H,1,3-4,6,9-11H2/b15-13+. The molecule has 0 spiro atoms. The lowest BCUT2D eigenvalue weighted by Crippen LogP contribution is -2.19. The van der Waals surface area contributed by atoms with E-state index in [4.69, 9.17) is 0 Å². The number of benzene rings is 1. The van der Waals surface area contributed by atoms with Gasteiger partial charge in [-0.05, 0) is 55.4 Å². The number of ketones is 1. The fourth-order valence-electron chi connectivity index (χ4n) is 4.37. The molecule has 2 aliphatic rings. The van der Waals surface area contributed by atoms with Crippen LogP contribution < -0.4 is 5.43 Å². The first-order chi connectivity index (χ1) is 14.1. The summed E-state index contributed by atoms with van der Waals surface area (Å²) in [6.45, 7) is 4.32. The molecule has 1 fully saturated rings. The maximum Gasteiger partial charge on any atom is 0.193 e. The minimum Gasteiger partial charge on any atom is -0.347 e. The summed E-state index contributed by atoms with van der Waals surface area (Å²) in [5.41, 5.74) is 5.22. The molecule has 0 unspecified atom stereocenters. The number of hydrogen-bond donors (Lipinski definition) is 0. The van der Waals surface area contributed by atoms with Gasteiger partial charge in [-0.15, -0.1) is 0 Å². The Balaban J connectivity index is 1.64. The lowest BCUT2D eigenvalue weighted by molar-refractivity contribution is 0.104. The molecule has 0 bridgehead atoms. The predicted octanol–water partition coefficient (Wildman–Crippen LogP) is 4.52. The monoisotopic (exact) mass is 403 g/mol. The van der Waals surface area contributed by atoms with Crippen LogP contribution >= 0.6 is 11.7 Å². The molecule has 0 amide bonds. The normalized spacial score (nSPS) is 19.0. The summed E-state index contributed by atoms with van der Waals surface area (Å²) in [7, 11) is 0. The van der Waals surface area contributed by atoms with Gasteiger partial charge in [0.1, 0.15) is 11.0 Å². The van der Waals surface area contributed by atoms with Crippen LogP contribution in [0.2, 0.25) is 0 Å². The molecule has 1 saturated carbocycles. The van der Waals surface area contributed by atoms with Crippen LogP contribution in [0.15, 0.2) is 54.0 Å². The lowest BCUT2D eigenvalue weighted by Gasteiger charge is -2.17. The highest BCUT2D eigenvalue weighted by molar-refractivity contribution is 7.00. The fourth-order valence-corrected chi connectivity index (χ4v) is 4.92.